The number of rotatable bonds is 7. The number of sulfonamides is 1. The molecule has 1 heterocycles. The summed E-state index contributed by atoms with van der Waals surface area (Å²) >= 11 is 0. The van der Waals surface area contributed by atoms with Gasteiger partial charge in [-0.25, -0.2) is 8.42 Å². The van der Waals surface area contributed by atoms with Crippen LogP contribution in [0.15, 0.2) is 77.7 Å². The van der Waals surface area contributed by atoms with Gasteiger partial charge in [0.2, 0.25) is 0 Å². The molecular weight excluding hydrogens is 438 g/mol. The largest absolute Gasteiger partial charge is 0.352 e. The summed E-state index contributed by atoms with van der Waals surface area (Å²) in [6.45, 7) is 2.90. The Kier molecular flexibility index (Phi) is 6.46. The molecular formula is C25H25N3O4S. The van der Waals surface area contributed by atoms with Gasteiger partial charge in [-0.3, -0.25) is 13.9 Å². The Morgan fingerprint density at radius 2 is 1.64 bits per heavy atom. The van der Waals surface area contributed by atoms with Crippen LogP contribution in [0.1, 0.15) is 39.6 Å². The average Bonchev–Trinajstić information content (AvgIpc) is 3.28. The van der Waals surface area contributed by atoms with Gasteiger partial charge in [-0.2, -0.15) is 0 Å². The fourth-order valence-corrected chi connectivity index (χ4v) is 5.31. The summed E-state index contributed by atoms with van der Waals surface area (Å²) in [6.07, 6.45) is 1.47. The summed E-state index contributed by atoms with van der Waals surface area (Å²) in [5.74, 6) is -0.674. The lowest BCUT2D eigenvalue weighted by atomic mass is 10.1. The number of benzene rings is 3. The Balaban J connectivity index is 1.54. The van der Waals surface area contributed by atoms with Gasteiger partial charge in [0.1, 0.15) is 0 Å². The van der Waals surface area contributed by atoms with Crippen molar-refractivity contribution in [2.45, 2.75) is 24.7 Å². The van der Waals surface area contributed by atoms with E-state index in [1.165, 1.54) is 16.4 Å². The number of amides is 2. The molecule has 3 aromatic carbocycles. The van der Waals surface area contributed by atoms with Crippen LogP contribution in [0.4, 0.5) is 11.4 Å². The summed E-state index contributed by atoms with van der Waals surface area (Å²) in [5.41, 5.74) is 2.75. The lowest BCUT2D eigenvalue weighted by Gasteiger charge is -2.20. The Bertz CT molecular complexity index is 1300. The van der Waals surface area contributed by atoms with Gasteiger partial charge in [0, 0.05) is 29.9 Å². The standard InChI is InChI=1S/C25H25N3O4S/c1-2-14-26-24(29)19-8-5-10-21(16-19)27-25(30)20-9-6-11-22(17-20)33(31,32)28-15-13-18-7-3-4-12-23(18)28/h3-12,16-17H,2,13-15H2,1H3,(H,26,29)(H,27,30). The summed E-state index contributed by atoms with van der Waals surface area (Å²) in [4.78, 5) is 25.1. The number of anilines is 2. The maximum absolute atomic E-state index is 13.3. The number of carbonyl (C=O) groups is 2. The van der Waals surface area contributed by atoms with Crippen LogP contribution in [0.2, 0.25) is 0 Å². The number of nitrogens with zero attached hydrogens (tertiary/aromatic N) is 1. The predicted molar refractivity (Wildman–Crippen MR) is 128 cm³/mol. The molecule has 0 bridgehead atoms. The smallest absolute Gasteiger partial charge is 0.264 e. The highest BCUT2D eigenvalue weighted by Crippen LogP contribution is 2.32. The van der Waals surface area contributed by atoms with Crippen LogP contribution < -0.4 is 14.9 Å². The summed E-state index contributed by atoms with van der Waals surface area (Å²) in [5, 5.41) is 5.54. The molecule has 0 spiro atoms. The third-order valence-corrected chi connectivity index (χ3v) is 7.26. The Morgan fingerprint density at radius 3 is 2.42 bits per heavy atom. The van der Waals surface area contributed by atoms with Crippen LogP contribution in [-0.2, 0) is 16.4 Å². The second-order valence-corrected chi connectivity index (χ2v) is 9.64. The molecule has 8 heteroatoms. The predicted octanol–water partition coefficient (Wildman–Crippen LogP) is 3.83. The molecule has 0 aliphatic carbocycles. The van der Waals surface area contributed by atoms with E-state index < -0.39 is 15.9 Å². The molecule has 0 saturated carbocycles. The van der Waals surface area contributed by atoms with Crippen molar-refractivity contribution in [3.63, 3.8) is 0 Å². The van der Waals surface area contributed by atoms with E-state index in [0.717, 1.165) is 12.0 Å². The van der Waals surface area contributed by atoms with Crippen LogP contribution in [0.5, 0.6) is 0 Å². The number of nitrogens with one attached hydrogen (secondary N) is 2. The first kappa shape index (κ1) is 22.5. The molecule has 170 valence electrons. The van der Waals surface area contributed by atoms with E-state index in [-0.39, 0.29) is 16.4 Å². The zero-order valence-corrected chi connectivity index (χ0v) is 19.1. The molecule has 0 fully saturated rings. The Labute approximate surface area is 193 Å². The van der Waals surface area contributed by atoms with Gasteiger partial charge in [-0.15, -0.1) is 0 Å². The first-order valence-corrected chi connectivity index (χ1v) is 12.2. The van der Waals surface area contributed by atoms with Crippen molar-refractivity contribution < 1.29 is 18.0 Å². The van der Waals surface area contributed by atoms with E-state index in [2.05, 4.69) is 10.6 Å². The van der Waals surface area contributed by atoms with Crippen molar-refractivity contribution in [3.05, 3.63) is 89.5 Å². The van der Waals surface area contributed by atoms with Crippen LogP contribution >= 0.6 is 0 Å². The van der Waals surface area contributed by atoms with Crippen molar-refractivity contribution in [2.75, 3.05) is 22.7 Å². The minimum atomic E-state index is -3.81. The van der Waals surface area contributed by atoms with Gasteiger partial charge in [0.05, 0.1) is 10.6 Å². The van der Waals surface area contributed by atoms with Crippen LogP contribution in [0.25, 0.3) is 0 Å². The van der Waals surface area contributed by atoms with Crippen molar-refractivity contribution in [2.24, 2.45) is 0 Å². The molecule has 33 heavy (non-hydrogen) atoms. The minimum Gasteiger partial charge on any atom is -0.352 e. The molecule has 2 amide bonds. The van der Waals surface area contributed by atoms with E-state index in [1.807, 2.05) is 25.1 Å². The molecule has 0 radical (unpaired) electrons. The second kappa shape index (κ2) is 9.46. The fourth-order valence-electron chi connectivity index (χ4n) is 3.76. The lowest BCUT2D eigenvalue weighted by molar-refractivity contribution is 0.0952. The van der Waals surface area contributed by atoms with Crippen molar-refractivity contribution >= 4 is 33.2 Å². The van der Waals surface area contributed by atoms with Crippen LogP contribution in [-0.4, -0.2) is 33.3 Å². The van der Waals surface area contributed by atoms with Gasteiger partial charge >= 0.3 is 0 Å². The van der Waals surface area contributed by atoms with Gasteiger partial charge < -0.3 is 10.6 Å². The highest BCUT2D eigenvalue weighted by atomic mass is 32.2. The fraction of sp³-hybridized carbons (Fsp3) is 0.200. The molecule has 0 unspecified atom stereocenters. The zero-order chi connectivity index (χ0) is 23.4. The highest BCUT2D eigenvalue weighted by Gasteiger charge is 2.31. The summed E-state index contributed by atoms with van der Waals surface area (Å²) in [7, 11) is -3.81. The maximum Gasteiger partial charge on any atom is 0.264 e. The van der Waals surface area contributed by atoms with E-state index in [4.69, 9.17) is 0 Å². The third-order valence-electron chi connectivity index (χ3n) is 5.45. The van der Waals surface area contributed by atoms with Gasteiger partial charge in [0.25, 0.3) is 21.8 Å². The molecule has 0 atom stereocenters. The van der Waals surface area contributed by atoms with E-state index in [1.54, 1.807) is 42.5 Å². The van der Waals surface area contributed by atoms with Gasteiger partial charge in [-0.05, 0) is 60.9 Å². The Morgan fingerprint density at radius 1 is 0.909 bits per heavy atom. The number of para-hydroxylation sites is 1. The van der Waals surface area contributed by atoms with Crippen molar-refractivity contribution in [3.8, 4) is 0 Å². The third kappa shape index (κ3) is 4.75. The normalized spacial score (nSPS) is 12.8. The average molecular weight is 464 g/mol. The van der Waals surface area contributed by atoms with E-state index >= 15 is 0 Å². The van der Waals surface area contributed by atoms with Crippen molar-refractivity contribution in [1.29, 1.82) is 0 Å². The number of hydrogen-bond donors (Lipinski definition) is 2. The quantitative estimate of drug-likeness (QED) is 0.557. The van der Waals surface area contributed by atoms with E-state index in [9.17, 15) is 18.0 Å². The number of carbonyl (C=O) groups excluding carboxylic acids is 2. The summed E-state index contributed by atoms with van der Waals surface area (Å²) < 4.78 is 28.0. The second-order valence-electron chi connectivity index (χ2n) is 7.77. The molecule has 2 N–H and O–H groups in total. The lowest BCUT2D eigenvalue weighted by Crippen LogP contribution is -2.29. The molecule has 0 aromatic heterocycles. The van der Waals surface area contributed by atoms with Crippen LogP contribution in [0, 0.1) is 0 Å². The molecule has 7 nitrogen and oxygen atoms in total. The first-order chi connectivity index (χ1) is 15.9. The topological polar surface area (TPSA) is 95.6 Å². The van der Waals surface area contributed by atoms with Gasteiger partial charge in [-0.1, -0.05) is 37.3 Å². The number of hydrogen-bond acceptors (Lipinski definition) is 4. The maximum atomic E-state index is 13.3. The molecule has 0 saturated heterocycles. The monoisotopic (exact) mass is 463 g/mol. The molecule has 1 aliphatic rings. The SMILES string of the molecule is CCCNC(=O)c1cccc(NC(=O)c2cccc(S(=O)(=O)N3CCc4ccccc43)c2)c1. The van der Waals surface area contributed by atoms with Crippen LogP contribution in [0.3, 0.4) is 0 Å². The molecule has 1 aliphatic heterocycles. The zero-order valence-electron chi connectivity index (χ0n) is 18.2. The minimum absolute atomic E-state index is 0.0551. The highest BCUT2D eigenvalue weighted by molar-refractivity contribution is 7.92. The number of fused-ring (bicyclic) bond motifs is 1. The first-order valence-electron chi connectivity index (χ1n) is 10.8. The molecule has 4 rings (SSSR count). The Hall–Kier alpha value is -3.65. The van der Waals surface area contributed by atoms with Crippen molar-refractivity contribution in [1.82, 2.24) is 5.32 Å². The molecule has 3 aromatic rings. The van der Waals surface area contributed by atoms with Gasteiger partial charge in [0.15, 0.2) is 0 Å². The van der Waals surface area contributed by atoms with E-state index in [0.29, 0.717) is 36.4 Å². The summed E-state index contributed by atoms with van der Waals surface area (Å²) in [6, 6.07) is 20.0.